The van der Waals surface area contributed by atoms with Crippen molar-refractivity contribution in [3.05, 3.63) is 16.0 Å². The number of alkyl halides is 3. The van der Waals surface area contributed by atoms with Crippen LogP contribution in [0, 0.1) is 18.3 Å². The van der Waals surface area contributed by atoms with Crippen molar-refractivity contribution in [1.82, 2.24) is 5.32 Å². The number of nitriles is 1. The standard InChI is InChI=1S/C16H20F3N3O4S/c1-5-10-9(4)27-12(11(10)8-20)21-15(16(17,18)19,13(23)25-6-2)22-14(24)26-7-3/h21H,5-7H2,1-4H3,(H,22,24)/t15-/m1/s1. The van der Waals surface area contributed by atoms with E-state index in [9.17, 15) is 28.0 Å². The van der Waals surface area contributed by atoms with E-state index in [1.54, 1.807) is 13.8 Å². The number of aryl methyl sites for hydroxylation is 1. The Morgan fingerprint density at radius 1 is 1.19 bits per heavy atom. The molecule has 0 aromatic carbocycles. The molecule has 0 unspecified atom stereocenters. The molecule has 2 N–H and O–H groups in total. The number of hydrogen-bond acceptors (Lipinski definition) is 7. The summed E-state index contributed by atoms with van der Waals surface area (Å²) >= 11 is 0.876. The zero-order valence-electron chi connectivity index (χ0n) is 15.2. The maximum atomic E-state index is 13.9. The van der Waals surface area contributed by atoms with E-state index in [0.717, 1.165) is 11.3 Å². The van der Waals surface area contributed by atoms with E-state index >= 15 is 0 Å². The summed E-state index contributed by atoms with van der Waals surface area (Å²) in [4.78, 5) is 24.6. The van der Waals surface area contributed by atoms with Gasteiger partial charge in [-0.3, -0.25) is 5.32 Å². The molecule has 0 aliphatic rings. The third-order valence-electron chi connectivity index (χ3n) is 3.55. The molecule has 0 fully saturated rings. The van der Waals surface area contributed by atoms with E-state index in [0.29, 0.717) is 16.9 Å². The van der Waals surface area contributed by atoms with Crippen LogP contribution >= 0.6 is 11.3 Å². The second-order valence-electron chi connectivity index (χ2n) is 5.24. The number of halogens is 3. The Bertz CT molecular complexity index is 742. The molecule has 1 aromatic rings. The summed E-state index contributed by atoms with van der Waals surface area (Å²) in [6.07, 6.45) is -6.34. The number of hydrogen-bond donors (Lipinski definition) is 2. The highest BCUT2D eigenvalue weighted by Gasteiger charge is 2.64. The lowest BCUT2D eigenvalue weighted by Gasteiger charge is -2.34. The molecule has 1 aromatic heterocycles. The van der Waals surface area contributed by atoms with E-state index in [2.05, 4.69) is 9.47 Å². The molecule has 0 radical (unpaired) electrons. The van der Waals surface area contributed by atoms with Gasteiger partial charge < -0.3 is 14.8 Å². The molecule has 0 aliphatic carbocycles. The van der Waals surface area contributed by atoms with Crippen molar-refractivity contribution in [2.24, 2.45) is 0 Å². The molecular weight excluding hydrogens is 387 g/mol. The van der Waals surface area contributed by atoms with Gasteiger partial charge in [-0.05, 0) is 32.8 Å². The number of carbonyl (C=O) groups excluding carboxylic acids is 2. The minimum Gasteiger partial charge on any atom is -0.463 e. The van der Waals surface area contributed by atoms with E-state index in [-0.39, 0.29) is 23.8 Å². The van der Waals surface area contributed by atoms with Crippen LogP contribution < -0.4 is 10.6 Å². The normalized spacial score (nSPS) is 13.3. The molecule has 0 saturated heterocycles. The monoisotopic (exact) mass is 407 g/mol. The Kier molecular flexibility index (Phi) is 7.47. The topological polar surface area (TPSA) is 100 Å². The average molecular weight is 407 g/mol. The summed E-state index contributed by atoms with van der Waals surface area (Å²) in [6.45, 7) is 5.57. The second-order valence-corrected chi connectivity index (χ2v) is 6.47. The number of nitrogens with zero attached hydrogens (tertiary/aromatic N) is 1. The first-order valence-corrected chi connectivity index (χ1v) is 8.88. The van der Waals surface area contributed by atoms with E-state index in [1.807, 2.05) is 11.4 Å². The number of alkyl carbamates (subject to hydrolysis) is 1. The van der Waals surface area contributed by atoms with E-state index in [4.69, 9.17) is 0 Å². The largest absolute Gasteiger partial charge is 0.463 e. The van der Waals surface area contributed by atoms with E-state index in [1.165, 1.54) is 19.2 Å². The number of amides is 1. The van der Waals surface area contributed by atoms with Gasteiger partial charge in [-0.15, -0.1) is 11.3 Å². The lowest BCUT2D eigenvalue weighted by Crippen LogP contribution is -2.69. The van der Waals surface area contributed by atoms with Crippen molar-refractivity contribution < 1.29 is 32.2 Å². The number of rotatable bonds is 7. The summed E-state index contributed by atoms with van der Waals surface area (Å²) in [5, 5.41) is 12.7. The number of nitrogens with one attached hydrogen (secondary N) is 2. The Balaban J connectivity index is 3.55. The molecule has 11 heteroatoms. The van der Waals surface area contributed by atoms with Crippen molar-refractivity contribution in [2.45, 2.75) is 46.0 Å². The van der Waals surface area contributed by atoms with Gasteiger partial charge in [0.1, 0.15) is 11.1 Å². The van der Waals surface area contributed by atoms with Crippen LogP contribution in [0.1, 0.15) is 36.8 Å². The van der Waals surface area contributed by atoms with Crippen LogP contribution in [0.25, 0.3) is 0 Å². The molecule has 1 rings (SSSR count). The van der Waals surface area contributed by atoms with Gasteiger partial charge in [-0.25, -0.2) is 9.59 Å². The maximum absolute atomic E-state index is 13.9. The second kappa shape index (κ2) is 8.94. The maximum Gasteiger partial charge on any atom is 0.442 e. The summed E-state index contributed by atoms with van der Waals surface area (Å²) in [5.74, 6) is -1.77. The van der Waals surface area contributed by atoms with Crippen molar-refractivity contribution >= 4 is 28.4 Å². The van der Waals surface area contributed by atoms with Crippen LogP contribution in [0.4, 0.5) is 23.0 Å². The first kappa shape index (κ1) is 22.6. The summed E-state index contributed by atoms with van der Waals surface area (Å²) in [6, 6.07) is 1.84. The zero-order chi connectivity index (χ0) is 20.8. The molecule has 1 atom stereocenters. The van der Waals surface area contributed by atoms with Gasteiger partial charge in [0, 0.05) is 4.88 Å². The highest BCUT2D eigenvalue weighted by atomic mass is 32.1. The predicted molar refractivity (Wildman–Crippen MR) is 92.3 cm³/mol. The lowest BCUT2D eigenvalue weighted by atomic mass is 10.1. The molecule has 150 valence electrons. The third kappa shape index (κ3) is 4.63. The van der Waals surface area contributed by atoms with Crippen LogP contribution in [-0.2, 0) is 20.7 Å². The van der Waals surface area contributed by atoms with Crippen LogP contribution in [0.2, 0.25) is 0 Å². The lowest BCUT2D eigenvalue weighted by molar-refractivity contribution is -0.205. The fraction of sp³-hybridized carbons (Fsp3) is 0.562. The third-order valence-corrected chi connectivity index (χ3v) is 4.61. The van der Waals surface area contributed by atoms with Crippen molar-refractivity contribution in [1.29, 1.82) is 5.26 Å². The minimum atomic E-state index is -5.29. The Hall–Kier alpha value is -2.48. The molecule has 1 heterocycles. The molecular formula is C16H20F3N3O4S. The summed E-state index contributed by atoms with van der Waals surface area (Å²) in [5.41, 5.74) is -3.08. The molecule has 0 saturated carbocycles. The minimum absolute atomic E-state index is 0.0245. The van der Waals surface area contributed by atoms with Crippen LogP contribution in [0.3, 0.4) is 0 Å². The molecule has 0 bridgehead atoms. The Labute approximate surface area is 158 Å². The fourth-order valence-corrected chi connectivity index (χ4v) is 3.48. The molecule has 7 nitrogen and oxygen atoms in total. The number of carbonyl (C=O) groups is 2. The highest BCUT2D eigenvalue weighted by Crippen LogP contribution is 2.39. The molecule has 0 aliphatic heterocycles. The summed E-state index contributed by atoms with van der Waals surface area (Å²) in [7, 11) is 0. The number of anilines is 1. The van der Waals surface area contributed by atoms with Gasteiger partial charge in [-0.1, -0.05) is 6.92 Å². The average Bonchev–Trinajstić information content (AvgIpc) is 2.87. The van der Waals surface area contributed by atoms with Gasteiger partial charge >= 0.3 is 23.9 Å². The van der Waals surface area contributed by atoms with Gasteiger partial charge in [0.25, 0.3) is 0 Å². The zero-order valence-corrected chi connectivity index (χ0v) is 16.1. The molecule has 27 heavy (non-hydrogen) atoms. The predicted octanol–water partition coefficient (Wildman–Crippen LogP) is 3.47. The van der Waals surface area contributed by atoms with Gasteiger partial charge in [0.15, 0.2) is 0 Å². The van der Waals surface area contributed by atoms with Crippen molar-refractivity contribution in [2.75, 3.05) is 18.5 Å². The van der Waals surface area contributed by atoms with Crippen molar-refractivity contribution in [3.63, 3.8) is 0 Å². The van der Waals surface area contributed by atoms with Gasteiger partial charge in [0.2, 0.25) is 0 Å². The Morgan fingerprint density at radius 2 is 1.78 bits per heavy atom. The van der Waals surface area contributed by atoms with Crippen LogP contribution in [0.15, 0.2) is 0 Å². The molecule has 1 amide bonds. The molecule has 0 spiro atoms. The smallest absolute Gasteiger partial charge is 0.442 e. The Morgan fingerprint density at radius 3 is 2.22 bits per heavy atom. The van der Waals surface area contributed by atoms with Crippen LogP contribution in [0.5, 0.6) is 0 Å². The number of esters is 1. The van der Waals surface area contributed by atoms with Crippen LogP contribution in [-0.4, -0.2) is 37.1 Å². The van der Waals surface area contributed by atoms with E-state index < -0.39 is 23.9 Å². The first-order valence-electron chi connectivity index (χ1n) is 8.07. The number of ether oxygens (including phenoxy) is 2. The summed E-state index contributed by atoms with van der Waals surface area (Å²) < 4.78 is 50.9. The van der Waals surface area contributed by atoms with Gasteiger partial charge in [-0.2, -0.15) is 18.4 Å². The van der Waals surface area contributed by atoms with Gasteiger partial charge in [0.05, 0.1) is 18.8 Å². The number of thiophene rings is 1. The SMILES string of the molecule is CCOC(=O)N[C@](Nc1sc(C)c(CC)c1C#N)(C(=O)OCC)C(F)(F)F. The highest BCUT2D eigenvalue weighted by molar-refractivity contribution is 7.16. The first-order chi connectivity index (χ1) is 12.6. The fourth-order valence-electron chi connectivity index (χ4n) is 2.33. The quantitative estimate of drug-likeness (QED) is 0.530. The van der Waals surface area contributed by atoms with Crippen molar-refractivity contribution in [3.8, 4) is 6.07 Å².